The van der Waals surface area contributed by atoms with E-state index in [1.807, 2.05) is 0 Å². The largest absolute Gasteiger partial charge is 0.325 e. The van der Waals surface area contributed by atoms with E-state index < -0.39 is 14.3 Å². The summed E-state index contributed by atoms with van der Waals surface area (Å²) in [6.45, 7) is -0.402. The van der Waals surface area contributed by atoms with Crippen LogP contribution < -0.4 is 0 Å². The molecule has 0 spiro atoms. The third-order valence-electron chi connectivity index (χ3n) is 1.08. The van der Waals surface area contributed by atoms with Crippen LogP contribution in [0.3, 0.4) is 0 Å². The zero-order valence-corrected chi connectivity index (χ0v) is 6.56. The molecule has 0 aliphatic carbocycles. The van der Waals surface area contributed by atoms with Crippen LogP contribution in [-0.2, 0) is 4.57 Å². The van der Waals surface area contributed by atoms with Crippen molar-refractivity contribution in [3.8, 4) is 0 Å². The predicted octanol–water partition coefficient (Wildman–Crippen LogP) is 1.30. The standard InChI is InChI=1S/C5H12FO3P/c6-4-2-1-3-5-10(7,8)9/h1-5H2,(H2,7,8,9). The summed E-state index contributed by atoms with van der Waals surface area (Å²) in [5, 5.41) is 0. The zero-order chi connectivity index (χ0) is 8.04. The van der Waals surface area contributed by atoms with E-state index in [9.17, 15) is 8.96 Å². The highest BCUT2D eigenvalue weighted by atomic mass is 31.2. The minimum absolute atomic E-state index is 0.118. The van der Waals surface area contributed by atoms with E-state index >= 15 is 0 Å². The SMILES string of the molecule is O=P(O)(O)CCCCCF. The van der Waals surface area contributed by atoms with Crippen molar-refractivity contribution in [2.45, 2.75) is 19.3 Å². The molecule has 2 N–H and O–H groups in total. The van der Waals surface area contributed by atoms with Gasteiger partial charge < -0.3 is 9.79 Å². The van der Waals surface area contributed by atoms with Crippen molar-refractivity contribution in [3.63, 3.8) is 0 Å². The molecular formula is C5H12FO3P. The molecule has 0 fully saturated rings. The minimum Gasteiger partial charge on any atom is -0.324 e. The average molecular weight is 170 g/mol. The molecule has 0 heterocycles. The van der Waals surface area contributed by atoms with Gasteiger partial charge >= 0.3 is 7.60 Å². The number of hydrogen-bond donors (Lipinski definition) is 2. The van der Waals surface area contributed by atoms with E-state index in [2.05, 4.69) is 0 Å². The van der Waals surface area contributed by atoms with Crippen molar-refractivity contribution >= 4 is 7.60 Å². The fourth-order valence-corrected chi connectivity index (χ4v) is 1.22. The summed E-state index contributed by atoms with van der Waals surface area (Å²) in [6.07, 6.45) is 1.25. The molecule has 10 heavy (non-hydrogen) atoms. The smallest absolute Gasteiger partial charge is 0.324 e. The van der Waals surface area contributed by atoms with E-state index in [4.69, 9.17) is 9.79 Å². The van der Waals surface area contributed by atoms with Gasteiger partial charge in [-0.05, 0) is 12.8 Å². The third-order valence-corrected chi connectivity index (χ3v) is 1.98. The van der Waals surface area contributed by atoms with Gasteiger partial charge in [-0.25, -0.2) is 0 Å². The summed E-state index contributed by atoms with van der Waals surface area (Å²) in [5.74, 6) is 0. The van der Waals surface area contributed by atoms with Crippen LogP contribution in [0.2, 0.25) is 0 Å². The Hall–Kier alpha value is 0.0800. The molecule has 0 bridgehead atoms. The van der Waals surface area contributed by atoms with Gasteiger partial charge in [0.1, 0.15) is 0 Å². The Morgan fingerprint density at radius 2 is 1.80 bits per heavy atom. The molecule has 0 aromatic heterocycles. The molecule has 5 heteroatoms. The molecule has 0 saturated carbocycles. The summed E-state index contributed by atoms with van der Waals surface area (Å²) in [6, 6.07) is 0. The number of halogens is 1. The fraction of sp³-hybridized carbons (Fsp3) is 1.00. The summed E-state index contributed by atoms with van der Waals surface area (Å²) >= 11 is 0. The molecule has 0 atom stereocenters. The van der Waals surface area contributed by atoms with E-state index in [1.54, 1.807) is 0 Å². The number of hydrogen-bond acceptors (Lipinski definition) is 1. The van der Waals surface area contributed by atoms with Crippen molar-refractivity contribution in [1.29, 1.82) is 0 Å². The second-order valence-electron chi connectivity index (χ2n) is 2.14. The second-order valence-corrected chi connectivity index (χ2v) is 3.91. The topological polar surface area (TPSA) is 57.5 Å². The molecule has 0 aliphatic heterocycles. The molecule has 0 aromatic rings. The van der Waals surface area contributed by atoms with Gasteiger partial charge in [-0.3, -0.25) is 8.96 Å². The molecule has 3 nitrogen and oxygen atoms in total. The van der Waals surface area contributed by atoms with Crippen LogP contribution >= 0.6 is 7.60 Å². The highest BCUT2D eigenvalue weighted by molar-refractivity contribution is 7.51. The zero-order valence-electron chi connectivity index (χ0n) is 5.66. The summed E-state index contributed by atoms with van der Waals surface area (Å²) < 4.78 is 21.6. The summed E-state index contributed by atoms with van der Waals surface area (Å²) in [5.41, 5.74) is 0. The average Bonchev–Trinajstić information content (AvgIpc) is 1.78. The molecule has 0 saturated heterocycles. The Morgan fingerprint density at radius 1 is 1.20 bits per heavy atom. The van der Waals surface area contributed by atoms with Crippen LogP contribution in [0.1, 0.15) is 19.3 Å². The van der Waals surface area contributed by atoms with Gasteiger partial charge in [0.05, 0.1) is 6.67 Å². The molecule has 0 radical (unpaired) electrons. The molecule has 0 aromatic carbocycles. The van der Waals surface area contributed by atoms with Gasteiger partial charge in [0.25, 0.3) is 0 Å². The van der Waals surface area contributed by atoms with E-state index in [1.165, 1.54) is 0 Å². The van der Waals surface area contributed by atoms with E-state index in [-0.39, 0.29) is 6.16 Å². The van der Waals surface area contributed by atoms with Crippen LogP contribution in [0, 0.1) is 0 Å². The van der Waals surface area contributed by atoms with Crippen LogP contribution in [0.15, 0.2) is 0 Å². The minimum atomic E-state index is -3.83. The monoisotopic (exact) mass is 170 g/mol. The van der Waals surface area contributed by atoms with Gasteiger partial charge in [-0.15, -0.1) is 0 Å². The third kappa shape index (κ3) is 8.08. The van der Waals surface area contributed by atoms with E-state index in [0.29, 0.717) is 19.3 Å². The molecule has 62 valence electrons. The summed E-state index contributed by atoms with van der Waals surface area (Å²) in [7, 11) is -3.83. The lowest BCUT2D eigenvalue weighted by Gasteiger charge is -2.00. The normalized spacial score (nSPS) is 11.9. The van der Waals surface area contributed by atoms with E-state index in [0.717, 1.165) is 0 Å². The lowest BCUT2D eigenvalue weighted by Crippen LogP contribution is -1.88. The lowest BCUT2D eigenvalue weighted by molar-refractivity contribution is 0.369. The highest BCUT2D eigenvalue weighted by Crippen LogP contribution is 2.35. The maximum absolute atomic E-state index is 11.4. The Morgan fingerprint density at radius 3 is 2.20 bits per heavy atom. The molecule has 0 amide bonds. The Balaban J connectivity index is 3.13. The molecule has 0 rings (SSSR count). The molecular weight excluding hydrogens is 158 g/mol. The van der Waals surface area contributed by atoms with Gasteiger partial charge in [0, 0.05) is 6.16 Å². The van der Waals surface area contributed by atoms with Gasteiger partial charge in [0.15, 0.2) is 0 Å². The first-order chi connectivity index (χ1) is 4.56. The van der Waals surface area contributed by atoms with Crippen molar-refractivity contribution in [2.75, 3.05) is 12.8 Å². The van der Waals surface area contributed by atoms with Crippen LogP contribution in [0.4, 0.5) is 4.39 Å². The van der Waals surface area contributed by atoms with Gasteiger partial charge in [-0.1, -0.05) is 6.42 Å². The van der Waals surface area contributed by atoms with Crippen molar-refractivity contribution in [3.05, 3.63) is 0 Å². The van der Waals surface area contributed by atoms with Crippen LogP contribution in [-0.4, -0.2) is 22.6 Å². The highest BCUT2D eigenvalue weighted by Gasteiger charge is 2.10. The Labute approximate surface area is 59.4 Å². The molecule has 0 aliphatic rings. The fourth-order valence-electron chi connectivity index (χ4n) is 0.589. The number of alkyl halides is 1. The number of unbranched alkanes of at least 4 members (excludes halogenated alkanes) is 2. The van der Waals surface area contributed by atoms with Crippen molar-refractivity contribution < 1.29 is 18.7 Å². The van der Waals surface area contributed by atoms with Crippen LogP contribution in [0.5, 0.6) is 0 Å². The van der Waals surface area contributed by atoms with Crippen molar-refractivity contribution in [1.82, 2.24) is 0 Å². The maximum atomic E-state index is 11.4. The van der Waals surface area contributed by atoms with Crippen molar-refractivity contribution in [2.24, 2.45) is 0 Å². The first-order valence-electron chi connectivity index (χ1n) is 3.17. The second kappa shape index (κ2) is 4.83. The quantitative estimate of drug-likeness (QED) is 0.483. The summed E-state index contributed by atoms with van der Waals surface area (Å²) in [4.78, 5) is 16.7. The number of rotatable bonds is 5. The van der Waals surface area contributed by atoms with Gasteiger partial charge in [0.2, 0.25) is 0 Å². The first-order valence-corrected chi connectivity index (χ1v) is 4.96. The first kappa shape index (κ1) is 10.1. The predicted molar refractivity (Wildman–Crippen MR) is 36.7 cm³/mol. The lowest BCUT2D eigenvalue weighted by atomic mass is 10.3. The van der Waals surface area contributed by atoms with Gasteiger partial charge in [-0.2, -0.15) is 0 Å². The maximum Gasteiger partial charge on any atom is 0.325 e. The Kier molecular flexibility index (Phi) is 4.87. The molecule has 0 unspecified atom stereocenters. The Bertz CT molecular complexity index is 122. The van der Waals surface area contributed by atoms with Crippen LogP contribution in [0.25, 0.3) is 0 Å².